The lowest BCUT2D eigenvalue weighted by molar-refractivity contribution is -0.136. The molecule has 0 aliphatic heterocycles. The van der Waals surface area contributed by atoms with E-state index in [1.54, 1.807) is 66.7 Å². The summed E-state index contributed by atoms with van der Waals surface area (Å²) in [5, 5.41) is 9.02. The number of hydrogen-bond donors (Lipinski definition) is 3. The van der Waals surface area contributed by atoms with Gasteiger partial charge < -0.3 is 15.4 Å². The Morgan fingerprint density at radius 3 is 2.44 bits per heavy atom. The molecule has 3 amide bonds. The molecule has 9 heteroatoms. The lowest BCUT2D eigenvalue weighted by Crippen LogP contribution is -2.33. The van der Waals surface area contributed by atoms with Crippen LogP contribution in [0.2, 0.25) is 0 Å². The van der Waals surface area contributed by atoms with Crippen LogP contribution in [0.15, 0.2) is 95.0 Å². The maximum Gasteiger partial charge on any atom is 0.329 e. The highest BCUT2D eigenvalue weighted by atomic mass is 79.9. The lowest BCUT2D eigenvalue weighted by atomic mass is 10.1. The summed E-state index contributed by atoms with van der Waals surface area (Å²) in [6, 6.07) is 20.5. The molecular weight excluding hydrogens is 500 g/mol. The number of para-hydroxylation sites is 2. The number of hydrazone groups is 1. The summed E-state index contributed by atoms with van der Waals surface area (Å²) in [4.78, 5) is 37.3. The standard InChI is InChI=1S/C25H21BrN4O4/c1-2-14-34-22-13-12-18(26)15-17(22)16-27-30-25(33)24(32)29-21-11-7-6-10-20(21)23(31)28-19-8-4-3-5-9-19/h2-13,15-16H,1,14H2,(H,28,31)(H,29,32)(H,30,33). The molecule has 0 heterocycles. The fourth-order valence-corrected chi connectivity index (χ4v) is 3.18. The number of hydrogen-bond acceptors (Lipinski definition) is 5. The summed E-state index contributed by atoms with van der Waals surface area (Å²) in [5.74, 6) is -1.88. The van der Waals surface area contributed by atoms with Gasteiger partial charge in [0.1, 0.15) is 12.4 Å². The van der Waals surface area contributed by atoms with Gasteiger partial charge in [0.2, 0.25) is 0 Å². The van der Waals surface area contributed by atoms with Crippen LogP contribution in [0.1, 0.15) is 15.9 Å². The van der Waals surface area contributed by atoms with Crippen LogP contribution < -0.4 is 20.8 Å². The summed E-state index contributed by atoms with van der Waals surface area (Å²) in [5.41, 5.74) is 3.74. The third-order valence-electron chi connectivity index (χ3n) is 4.36. The Hall–Kier alpha value is -4.24. The summed E-state index contributed by atoms with van der Waals surface area (Å²) >= 11 is 3.36. The molecule has 8 nitrogen and oxygen atoms in total. The Bertz CT molecular complexity index is 1230. The average molecular weight is 521 g/mol. The number of nitrogens with zero attached hydrogens (tertiary/aromatic N) is 1. The minimum atomic E-state index is -1.00. The van der Waals surface area contributed by atoms with Crippen molar-refractivity contribution in [2.75, 3.05) is 17.2 Å². The maximum atomic E-state index is 12.6. The fourth-order valence-electron chi connectivity index (χ4n) is 2.80. The van der Waals surface area contributed by atoms with Crippen molar-refractivity contribution in [3.63, 3.8) is 0 Å². The largest absolute Gasteiger partial charge is 0.489 e. The maximum absolute atomic E-state index is 12.6. The van der Waals surface area contributed by atoms with E-state index in [1.807, 2.05) is 6.07 Å². The van der Waals surface area contributed by atoms with E-state index < -0.39 is 17.7 Å². The molecule has 0 spiro atoms. The van der Waals surface area contributed by atoms with Gasteiger partial charge in [0, 0.05) is 15.7 Å². The Labute approximate surface area is 204 Å². The minimum Gasteiger partial charge on any atom is -0.489 e. The molecule has 0 atom stereocenters. The number of anilines is 2. The van der Waals surface area contributed by atoms with Crippen LogP contribution in [0.3, 0.4) is 0 Å². The van der Waals surface area contributed by atoms with E-state index >= 15 is 0 Å². The van der Waals surface area contributed by atoms with Gasteiger partial charge in [-0.15, -0.1) is 0 Å². The first kappa shape index (κ1) is 24.4. The van der Waals surface area contributed by atoms with Gasteiger partial charge in [-0.3, -0.25) is 14.4 Å². The fraction of sp³-hybridized carbons (Fsp3) is 0.0400. The highest BCUT2D eigenvalue weighted by Crippen LogP contribution is 2.22. The first-order chi connectivity index (χ1) is 16.5. The van der Waals surface area contributed by atoms with Gasteiger partial charge >= 0.3 is 11.8 Å². The third kappa shape index (κ3) is 6.88. The molecular formula is C25H21BrN4O4. The van der Waals surface area contributed by atoms with Crippen LogP contribution in [0, 0.1) is 0 Å². The van der Waals surface area contributed by atoms with Crippen molar-refractivity contribution in [3.8, 4) is 5.75 Å². The van der Waals surface area contributed by atoms with Crippen molar-refractivity contribution >= 4 is 51.2 Å². The number of nitrogens with one attached hydrogen (secondary N) is 3. The molecule has 0 aliphatic rings. The molecule has 0 bridgehead atoms. The van der Waals surface area contributed by atoms with Gasteiger partial charge in [-0.1, -0.05) is 58.9 Å². The zero-order chi connectivity index (χ0) is 24.3. The van der Waals surface area contributed by atoms with Crippen molar-refractivity contribution in [1.82, 2.24) is 5.43 Å². The van der Waals surface area contributed by atoms with Crippen LogP contribution >= 0.6 is 15.9 Å². The molecule has 0 fully saturated rings. The van der Waals surface area contributed by atoms with Crippen molar-refractivity contribution in [3.05, 3.63) is 101 Å². The van der Waals surface area contributed by atoms with Gasteiger partial charge in [0.15, 0.2) is 0 Å². The number of carbonyl (C=O) groups excluding carboxylic acids is 3. The van der Waals surface area contributed by atoms with Gasteiger partial charge in [-0.2, -0.15) is 5.10 Å². The number of benzene rings is 3. The monoisotopic (exact) mass is 520 g/mol. The SMILES string of the molecule is C=CCOc1ccc(Br)cc1C=NNC(=O)C(=O)Nc1ccccc1C(=O)Nc1ccccc1. The molecule has 0 saturated heterocycles. The molecule has 3 aromatic carbocycles. The number of carbonyl (C=O) groups is 3. The zero-order valence-electron chi connectivity index (χ0n) is 18.0. The molecule has 3 aromatic rings. The van der Waals surface area contributed by atoms with Crippen molar-refractivity contribution in [1.29, 1.82) is 0 Å². The summed E-state index contributed by atoms with van der Waals surface area (Å²) in [7, 11) is 0. The third-order valence-corrected chi connectivity index (χ3v) is 4.85. The smallest absolute Gasteiger partial charge is 0.329 e. The second-order valence-corrected chi connectivity index (χ2v) is 7.72. The number of rotatable bonds is 8. The van der Waals surface area contributed by atoms with Crippen LogP contribution in [0.5, 0.6) is 5.75 Å². The molecule has 0 saturated carbocycles. The predicted octanol–water partition coefficient (Wildman–Crippen LogP) is 4.36. The highest BCUT2D eigenvalue weighted by molar-refractivity contribution is 9.10. The molecule has 34 heavy (non-hydrogen) atoms. The van der Waals surface area contributed by atoms with Crippen LogP contribution in [0.4, 0.5) is 11.4 Å². The predicted molar refractivity (Wildman–Crippen MR) is 135 cm³/mol. The van der Waals surface area contributed by atoms with Crippen LogP contribution in [-0.2, 0) is 9.59 Å². The van der Waals surface area contributed by atoms with E-state index in [4.69, 9.17) is 4.74 Å². The van der Waals surface area contributed by atoms with E-state index in [-0.39, 0.29) is 11.3 Å². The van der Waals surface area contributed by atoms with E-state index in [9.17, 15) is 14.4 Å². The van der Waals surface area contributed by atoms with Gasteiger partial charge in [-0.05, 0) is 42.5 Å². The van der Waals surface area contributed by atoms with E-state index in [1.165, 1.54) is 12.3 Å². The number of amides is 3. The van der Waals surface area contributed by atoms with Crippen molar-refractivity contribution in [2.45, 2.75) is 0 Å². The Kier molecular flexibility index (Phi) is 8.70. The summed E-state index contributed by atoms with van der Waals surface area (Å²) in [6.45, 7) is 3.91. The Morgan fingerprint density at radius 1 is 0.941 bits per heavy atom. The normalized spacial score (nSPS) is 10.4. The zero-order valence-corrected chi connectivity index (χ0v) is 19.5. The van der Waals surface area contributed by atoms with Crippen LogP contribution in [0.25, 0.3) is 0 Å². The van der Waals surface area contributed by atoms with E-state index in [0.717, 1.165) is 4.47 Å². The molecule has 0 aromatic heterocycles. The van der Waals surface area contributed by atoms with Gasteiger partial charge in [0.25, 0.3) is 5.91 Å². The summed E-state index contributed by atoms with van der Waals surface area (Å²) < 4.78 is 6.33. The minimum absolute atomic E-state index is 0.187. The molecule has 3 rings (SSSR count). The number of ether oxygens (including phenoxy) is 1. The topological polar surface area (TPSA) is 109 Å². The van der Waals surface area contributed by atoms with Crippen molar-refractivity contribution in [2.24, 2.45) is 5.10 Å². The first-order valence-corrected chi connectivity index (χ1v) is 10.9. The molecule has 0 aliphatic carbocycles. The average Bonchev–Trinajstić information content (AvgIpc) is 2.84. The van der Waals surface area contributed by atoms with Crippen LogP contribution in [-0.4, -0.2) is 30.5 Å². The molecule has 0 unspecified atom stereocenters. The lowest BCUT2D eigenvalue weighted by Gasteiger charge is -2.11. The quantitative estimate of drug-likeness (QED) is 0.177. The Morgan fingerprint density at radius 2 is 1.68 bits per heavy atom. The van der Waals surface area contributed by atoms with Crippen molar-refractivity contribution < 1.29 is 19.1 Å². The Balaban J connectivity index is 1.65. The number of halogens is 1. The van der Waals surface area contributed by atoms with Gasteiger partial charge in [0.05, 0.1) is 17.5 Å². The first-order valence-electron chi connectivity index (χ1n) is 10.1. The second-order valence-electron chi connectivity index (χ2n) is 6.80. The molecule has 172 valence electrons. The van der Waals surface area contributed by atoms with E-state index in [2.05, 4.69) is 43.7 Å². The molecule has 3 N–H and O–H groups in total. The van der Waals surface area contributed by atoms with E-state index in [0.29, 0.717) is 23.6 Å². The molecule has 0 radical (unpaired) electrons. The highest BCUT2D eigenvalue weighted by Gasteiger charge is 2.18. The second kappa shape index (κ2) is 12.1. The van der Waals surface area contributed by atoms with Gasteiger partial charge in [-0.25, -0.2) is 5.43 Å². The summed E-state index contributed by atoms with van der Waals surface area (Å²) in [6.07, 6.45) is 2.96.